The first-order valence-electron chi connectivity index (χ1n) is 9.21. The van der Waals surface area contributed by atoms with Crippen molar-refractivity contribution in [3.8, 4) is 11.5 Å². The van der Waals surface area contributed by atoms with Crippen molar-refractivity contribution in [3.05, 3.63) is 95.1 Å². The number of phenolic OH excluding ortho intramolecular Hbond substituents is 2. The van der Waals surface area contributed by atoms with Gasteiger partial charge in [0.1, 0.15) is 0 Å². The monoisotopic (exact) mass is 397 g/mol. The van der Waals surface area contributed by atoms with E-state index in [1.807, 2.05) is 54.6 Å². The first-order valence-corrected chi connectivity index (χ1v) is 9.21. The fourth-order valence-electron chi connectivity index (χ4n) is 3.63. The van der Waals surface area contributed by atoms with Crippen molar-refractivity contribution in [2.45, 2.75) is 25.2 Å². The number of phenols is 2. The highest BCUT2D eigenvalue weighted by molar-refractivity contribution is 5.85. The second-order valence-corrected chi connectivity index (χ2v) is 6.85. The molecule has 3 aromatic rings. The Labute approximate surface area is 171 Å². The second kappa shape index (κ2) is 9.11. The van der Waals surface area contributed by atoms with Crippen molar-refractivity contribution < 1.29 is 14.9 Å². The molecule has 4 rings (SSSR count). The average Bonchev–Trinajstić information content (AvgIpc) is 2.72. The SMILES string of the molecule is Cl.Oc1ccc2c(c1O)C[C@H](c1ccccc1)O[C@@H]2CNCc1ccccc1. The molecule has 0 amide bonds. The van der Waals surface area contributed by atoms with Gasteiger partial charge in [0.25, 0.3) is 0 Å². The summed E-state index contributed by atoms with van der Waals surface area (Å²) in [6.45, 7) is 1.37. The minimum absolute atomic E-state index is 0. The summed E-state index contributed by atoms with van der Waals surface area (Å²) in [6.07, 6.45) is 0.179. The third-order valence-electron chi connectivity index (χ3n) is 5.04. The predicted octanol–water partition coefficient (Wildman–Crippen LogP) is 4.66. The summed E-state index contributed by atoms with van der Waals surface area (Å²) < 4.78 is 6.38. The van der Waals surface area contributed by atoms with Gasteiger partial charge in [-0.2, -0.15) is 0 Å². The number of hydrogen-bond donors (Lipinski definition) is 3. The van der Waals surface area contributed by atoms with Crippen LogP contribution in [0.5, 0.6) is 11.5 Å². The highest BCUT2D eigenvalue weighted by Crippen LogP contribution is 2.43. The van der Waals surface area contributed by atoms with E-state index in [9.17, 15) is 10.2 Å². The van der Waals surface area contributed by atoms with E-state index in [-0.39, 0.29) is 36.1 Å². The molecule has 0 radical (unpaired) electrons. The number of rotatable bonds is 5. The van der Waals surface area contributed by atoms with Gasteiger partial charge in [0.05, 0.1) is 12.2 Å². The summed E-state index contributed by atoms with van der Waals surface area (Å²) in [7, 11) is 0. The van der Waals surface area contributed by atoms with Crippen molar-refractivity contribution in [2.24, 2.45) is 0 Å². The minimum Gasteiger partial charge on any atom is -0.504 e. The van der Waals surface area contributed by atoms with E-state index in [4.69, 9.17) is 4.74 Å². The quantitative estimate of drug-likeness (QED) is 0.548. The maximum Gasteiger partial charge on any atom is 0.161 e. The summed E-state index contributed by atoms with van der Waals surface area (Å²) in [4.78, 5) is 0. The Bertz CT molecular complexity index is 902. The van der Waals surface area contributed by atoms with Crippen molar-refractivity contribution in [3.63, 3.8) is 0 Å². The van der Waals surface area contributed by atoms with Crippen LogP contribution in [0, 0.1) is 0 Å². The molecule has 4 nitrogen and oxygen atoms in total. The van der Waals surface area contributed by atoms with Gasteiger partial charge < -0.3 is 20.3 Å². The predicted molar refractivity (Wildman–Crippen MR) is 112 cm³/mol. The summed E-state index contributed by atoms with van der Waals surface area (Å²) in [5, 5.41) is 23.8. The van der Waals surface area contributed by atoms with Crippen LogP contribution in [0.25, 0.3) is 0 Å². The zero-order chi connectivity index (χ0) is 18.6. The van der Waals surface area contributed by atoms with Crippen molar-refractivity contribution in [1.29, 1.82) is 0 Å². The number of halogens is 1. The second-order valence-electron chi connectivity index (χ2n) is 6.85. The number of hydrogen-bond acceptors (Lipinski definition) is 4. The molecule has 0 saturated carbocycles. The molecule has 0 aliphatic carbocycles. The first-order chi connectivity index (χ1) is 13.2. The molecule has 0 saturated heterocycles. The maximum atomic E-state index is 10.4. The Kier molecular flexibility index (Phi) is 6.57. The maximum absolute atomic E-state index is 10.4. The van der Waals surface area contributed by atoms with Gasteiger partial charge in [0, 0.05) is 25.1 Å². The summed E-state index contributed by atoms with van der Waals surface area (Å²) >= 11 is 0. The van der Waals surface area contributed by atoms with Crippen molar-refractivity contribution in [2.75, 3.05) is 6.54 Å². The molecule has 0 fully saturated rings. The van der Waals surface area contributed by atoms with Crippen LogP contribution >= 0.6 is 12.4 Å². The zero-order valence-corrected chi connectivity index (χ0v) is 16.2. The zero-order valence-electron chi connectivity index (χ0n) is 15.4. The molecule has 5 heteroatoms. The molecule has 1 aliphatic rings. The lowest BCUT2D eigenvalue weighted by Gasteiger charge is -2.33. The molecule has 146 valence electrons. The minimum atomic E-state index is -0.200. The topological polar surface area (TPSA) is 61.7 Å². The van der Waals surface area contributed by atoms with E-state index in [2.05, 4.69) is 17.4 Å². The van der Waals surface area contributed by atoms with E-state index in [1.165, 1.54) is 11.6 Å². The Hall–Kier alpha value is -2.53. The lowest BCUT2D eigenvalue weighted by atomic mass is 9.90. The number of aromatic hydroxyl groups is 2. The van der Waals surface area contributed by atoms with Crippen LogP contribution in [0.4, 0.5) is 0 Å². The van der Waals surface area contributed by atoms with Gasteiger partial charge in [-0.15, -0.1) is 12.4 Å². The number of benzene rings is 3. The molecule has 1 aliphatic heterocycles. The van der Waals surface area contributed by atoms with Crippen LogP contribution in [0.1, 0.15) is 34.5 Å². The molecule has 0 unspecified atom stereocenters. The van der Waals surface area contributed by atoms with Gasteiger partial charge in [0.2, 0.25) is 0 Å². The van der Waals surface area contributed by atoms with Crippen LogP contribution in [-0.2, 0) is 17.7 Å². The fourth-order valence-corrected chi connectivity index (χ4v) is 3.63. The van der Waals surface area contributed by atoms with Crippen LogP contribution in [0.3, 0.4) is 0 Å². The molecule has 0 bridgehead atoms. The lowest BCUT2D eigenvalue weighted by Crippen LogP contribution is -2.29. The molecule has 0 aromatic heterocycles. The van der Waals surface area contributed by atoms with Crippen LogP contribution in [0.2, 0.25) is 0 Å². The van der Waals surface area contributed by atoms with E-state index in [1.54, 1.807) is 0 Å². The van der Waals surface area contributed by atoms with Crippen molar-refractivity contribution in [1.82, 2.24) is 5.32 Å². The number of nitrogens with one attached hydrogen (secondary N) is 1. The molecule has 28 heavy (non-hydrogen) atoms. The standard InChI is InChI=1S/C23H23NO3.ClH/c25-20-12-11-18-19(23(20)26)13-21(17-9-5-2-6-10-17)27-22(18)15-24-14-16-7-3-1-4-8-16;/h1-12,21-22,24-26H,13-15H2;1H/t21-,22-;/m1./s1. The van der Waals surface area contributed by atoms with Gasteiger partial charge >= 0.3 is 0 Å². The highest BCUT2D eigenvalue weighted by Gasteiger charge is 2.31. The fraction of sp³-hybridized carbons (Fsp3) is 0.217. The summed E-state index contributed by atoms with van der Waals surface area (Å²) in [5.74, 6) is -0.122. The van der Waals surface area contributed by atoms with E-state index in [0.717, 1.165) is 23.2 Å². The largest absolute Gasteiger partial charge is 0.504 e. The molecular weight excluding hydrogens is 374 g/mol. The molecule has 1 heterocycles. The van der Waals surface area contributed by atoms with Crippen LogP contribution in [0.15, 0.2) is 72.8 Å². The van der Waals surface area contributed by atoms with E-state index < -0.39 is 0 Å². The third kappa shape index (κ3) is 4.30. The Morgan fingerprint density at radius 2 is 1.57 bits per heavy atom. The van der Waals surface area contributed by atoms with Crippen LogP contribution < -0.4 is 5.32 Å². The first kappa shape index (κ1) is 20.2. The molecule has 2 atom stereocenters. The molecule has 3 N–H and O–H groups in total. The normalized spacial score (nSPS) is 18.1. The Balaban J connectivity index is 0.00000225. The third-order valence-corrected chi connectivity index (χ3v) is 5.04. The van der Waals surface area contributed by atoms with Crippen LogP contribution in [-0.4, -0.2) is 16.8 Å². The van der Waals surface area contributed by atoms with E-state index >= 15 is 0 Å². The average molecular weight is 398 g/mol. The van der Waals surface area contributed by atoms with Gasteiger partial charge in [-0.05, 0) is 22.8 Å². The molecule has 0 spiro atoms. The highest BCUT2D eigenvalue weighted by atomic mass is 35.5. The van der Waals surface area contributed by atoms with Gasteiger partial charge in [-0.1, -0.05) is 66.7 Å². The molecular formula is C23H24ClNO3. The van der Waals surface area contributed by atoms with Gasteiger partial charge in [-0.25, -0.2) is 0 Å². The smallest absolute Gasteiger partial charge is 0.161 e. The Morgan fingerprint density at radius 3 is 2.29 bits per heavy atom. The lowest BCUT2D eigenvalue weighted by molar-refractivity contribution is -0.0273. The summed E-state index contributed by atoms with van der Waals surface area (Å²) in [5.41, 5.74) is 3.97. The Morgan fingerprint density at radius 1 is 0.893 bits per heavy atom. The van der Waals surface area contributed by atoms with E-state index in [0.29, 0.717) is 13.0 Å². The van der Waals surface area contributed by atoms with Crippen molar-refractivity contribution >= 4 is 12.4 Å². The molecule has 3 aromatic carbocycles. The number of fused-ring (bicyclic) bond motifs is 1. The van der Waals surface area contributed by atoms with Gasteiger partial charge in [0.15, 0.2) is 11.5 Å². The van der Waals surface area contributed by atoms with Gasteiger partial charge in [-0.3, -0.25) is 0 Å². The number of ether oxygens (including phenoxy) is 1. The summed E-state index contributed by atoms with van der Waals surface area (Å²) in [6, 6.07) is 23.6.